The van der Waals surface area contributed by atoms with E-state index in [4.69, 9.17) is 4.74 Å². The molecule has 2 fully saturated rings. The molecule has 1 aromatic carbocycles. The van der Waals surface area contributed by atoms with Gasteiger partial charge in [-0.3, -0.25) is 4.79 Å². The summed E-state index contributed by atoms with van der Waals surface area (Å²) in [6.45, 7) is 2.54. The molecular formula is C20H26N2O3. The molecule has 134 valence electrons. The Kier molecular flexibility index (Phi) is 3.99. The van der Waals surface area contributed by atoms with Crippen LogP contribution < -0.4 is 5.32 Å². The van der Waals surface area contributed by atoms with Crippen LogP contribution in [-0.4, -0.2) is 33.8 Å². The van der Waals surface area contributed by atoms with Crippen LogP contribution >= 0.6 is 0 Å². The zero-order valence-corrected chi connectivity index (χ0v) is 15.0. The Morgan fingerprint density at radius 2 is 2.08 bits per heavy atom. The van der Waals surface area contributed by atoms with E-state index in [1.54, 1.807) is 12.1 Å². The quantitative estimate of drug-likeness (QED) is 0.879. The second-order valence-electron chi connectivity index (χ2n) is 7.65. The third-order valence-corrected chi connectivity index (χ3v) is 6.01. The number of hydrogen-bond acceptors (Lipinski definition) is 3. The van der Waals surface area contributed by atoms with Gasteiger partial charge in [0.1, 0.15) is 5.75 Å². The average Bonchev–Trinajstić information content (AvgIpc) is 3.07. The highest BCUT2D eigenvalue weighted by Crippen LogP contribution is 2.39. The lowest BCUT2D eigenvalue weighted by molar-refractivity contribution is -0.0246. The molecule has 5 nitrogen and oxygen atoms in total. The topological polar surface area (TPSA) is 63.5 Å². The van der Waals surface area contributed by atoms with E-state index in [1.165, 1.54) is 19.3 Å². The van der Waals surface area contributed by atoms with E-state index in [0.29, 0.717) is 12.2 Å². The normalized spacial score (nSPS) is 22.6. The molecule has 0 radical (unpaired) electrons. The first-order valence-corrected chi connectivity index (χ1v) is 9.22. The molecule has 1 aliphatic heterocycles. The van der Waals surface area contributed by atoms with E-state index in [1.807, 2.05) is 24.6 Å². The standard InChI is InChI=1S/C20H26N2O3/c1-13-18(16-10-15(23)6-7-17(16)22(13)2)19(24)21-14-11-20(25-12-14)8-4-3-5-9-20/h6-7,10,14,23H,3-5,8-9,11-12H2,1-2H3,(H,21,24)/t14-/m0/s1. The van der Waals surface area contributed by atoms with Crippen molar-refractivity contribution in [3.63, 3.8) is 0 Å². The smallest absolute Gasteiger partial charge is 0.254 e. The van der Waals surface area contributed by atoms with E-state index in [9.17, 15) is 9.90 Å². The number of aryl methyl sites for hydroxylation is 1. The molecule has 1 aliphatic carbocycles. The number of phenols is 1. The molecule has 1 amide bonds. The zero-order valence-electron chi connectivity index (χ0n) is 15.0. The van der Waals surface area contributed by atoms with Crippen LogP contribution in [0.3, 0.4) is 0 Å². The molecule has 1 saturated carbocycles. The molecule has 4 rings (SSSR count). The van der Waals surface area contributed by atoms with Crippen molar-refractivity contribution in [3.05, 3.63) is 29.5 Å². The summed E-state index contributed by atoms with van der Waals surface area (Å²) in [6, 6.07) is 5.24. The van der Waals surface area contributed by atoms with E-state index >= 15 is 0 Å². The lowest BCUT2D eigenvalue weighted by Gasteiger charge is -2.32. The number of nitrogens with zero attached hydrogens (tertiary/aromatic N) is 1. The molecule has 2 aromatic rings. The van der Waals surface area contributed by atoms with Crippen LogP contribution in [0.15, 0.2) is 18.2 Å². The lowest BCUT2D eigenvalue weighted by Crippen LogP contribution is -2.37. The molecule has 0 bridgehead atoms. The summed E-state index contributed by atoms with van der Waals surface area (Å²) in [5.74, 6) is 0.104. The molecular weight excluding hydrogens is 316 g/mol. The number of nitrogens with one attached hydrogen (secondary N) is 1. The minimum atomic E-state index is -0.0739. The highest BCUT2D eigenvalue weighted by atomic mass is 16.5. The average molecular weight is 342 g/mol. The summed E-state index contributed by atoms with van der Waals surface area (Å²) in [5, 5.41) is 13.8. The third-order valence-electron chi connectivity index (χ3n) is 6.01. The number of carbonyl (C=O) groups excluding carboxylic acids is 1. The van der Waals surface area contributed by atoms with Gasteiger partial charge in [0.15, 0.2) is 0 Å². The summed E-state index contributed by atoms with van der Waals surface area (Å²) < 4.78 is 8.11. The molecule has 2 aliphatic rings. The van der Waals surface area contributed by atoms with Crippen molar-refractivity contribution in [1.29, 1.82) is 0 Å². The van der Waals surface area contributed by atoms with Crippen molar-refractivity contribution in [3.8, 4) is 5.75 Å². The predicted molar refractivity (Wildman–Crippen MR) is 97.0 cm³/mol. The van der Waals surface area contributed by atoms with Crippen molar-refractivity contribution in [2.24, 2.45) is 7.05 Å². The Labute approximate surface area is 148 Å². The largest absolute Gasteiger partial charge is 0.508 e. The molecule has 2 heterocycles. The summed E-state index contributed by atoms with van der Waals surface area (Å²) in [7, 11) is 1.95. The fraction of sp³-hybridized carbons (Fsp3) is 0.550. The maximum atomic E-state index is 13.0. The van der Waals surface area contributed by atoms with E-state index < -0.39 is 0 Å². The van der Waals surface area contributed by atoms with Crippen LogP contribution in [0.4, 0.5) is 0 Å². The zero-order chi connectivity index (χ0) is 17.6. The summed E-state index contributed by atoms with van der Waals surface area (Å²) in [6.07, 6.45) is 6.88. The van der Waals surface area contributed by atoms with Gasteiger partial charge in [-0.05, 0) is 44.4 Å². The number of carbonyl (C=O) groups is 1. The fourth-order valence-corrected chi connectivity index (χ4v) is 4.59. The highest BCUT2D eigenvalue weighted by molar-refractivity contribution is 6.08. The maximum absolute atomic E-state index is 13.0. The highest BCUT2D eigenvalue weighted by Gasteiger charge is 2.41. The Hall–Kier alpha value is -2.01. The molecule has 1 atom stereocenters. The maximum Gasteiger partial charge on any atom is 0.254 e. The number of ether oxygens (including phenoxy) is 1. The number of amides is 1. The second-order valence-corrected chi connectivity index (χ2v) is 7.65. The Balaban J connectivity index is 1.57. The number of aromatic nitrogens is 1. The first kappa shape index (κ1) is 16.5. The van der Waals surface area contributed by atoms with Crippen LogP contribution in [0.1, 0.15) is 54.6 Å². The Bertz CT molecular complexity index is 818. The number of phenolic OH excluding ortho intramolecular Hbond substituents is 1. The fourth-order valence-electron chi connectivity index (χ4n) is 4.59. The van der Waals surface area contributed by atoms with Gasteiger partial charge in [-0.25, -0.2) is 0 Å². The number of hydrogen-bond donors (Lipinski definition) is 2. The van der Waals surface area contributed by atoms with E-state index in [2.05, 4.69) is 5.32 Å². The molecule has 2 N–H and O–H groups in total. The number of aromatic hydroxyl groups is 1. The van der Waals surface area contributed by atoms with Crippen LogP contribution in [0.25, 0.3) is 10.9 Å². The number of benzene rings is 1. The third kappa shape index (κ3) is 2.80. The molecule has 1 spiro atoms. The van der Waals surface area contributed by atoms with Gasteiger partial charge in [0, 0.05) is 23.6 Å². The second kappa shape index (κ2) is 6.06. The van der Waals surface area contributed by atoms with Crippen molar-refractivity contribution >= 4 is 16.8 Å². The van der Waals surface area contributed by atoms with Crippen LogP contribution in [0.5, 0.6) is 5.75 Å². The molecule has 5 heteroatoms. The van der Waals surface area contributed by atoms with Gasteiger partial charge in [-0.2, -0.15) is 0 Å². The summed E-state index contributed by atoms with van der Waals surface area (Å²) in [5.41, 5.74) is 2.50. The lowest BCUT2D eigenvalue weighted by atomic mass is 9.82. The van der Waals surface area contributed by atoms with Gasteiger partial charge in [0.05, 0.1) is 23.8 Å². The van der Waals surface area contributed by atoms with Crippen LogP contribution in [-0.2, 0) is 11.8 Å². The predicted octanol–water partition coefficient (Wildman–Crippen LogP) is 3.41. The molecule has 25 heavy (non-hydrogen) atoms. The van der Waals surface area contributed by atoms with Gasteiger partial charge in [0.2, 0.25) is 0 Å². The molecule has 1 saturated heterocycles. The van der Waals surface area contributed by atoms with Gasteiger partial charge >= 0.3 is 0 Å². The summed E-state index contributed by atoms with van der Waals surface area (Å²) in [4.78, 5) is 13.0. The van der Waals surface area contributed by atoms with E-state index in [-0.39, 0.29) is 23.3 Å². The van der Waals surface area contributed by atoms with Crippen LogP contribution in [0, 0.1) is 6.92 Å². The Morgan fingerprint density at radius 1 is 1.32 bits per heavy atom. The Morgan fingerprint density at radius 3 is 2.84 bits per heavy atom. The first-order chi connectivity index (χ1) is 12.0. The van der Waals surface area contributed by atoms with Gasteiger partial charge in [-0.15, -0.1) is 0 Å². The number of fused-ring (bicyclic) bond motifs is 1. The van der Waals surface area contributed by atoms with Crippen molar-refractivity contribution < 1.29 is 14.6 Å². The monoisotopic (exact) mass is 342 g/mol. The SMILES string of the molecule is Cc1c(C(=O)N[C@@H]2COC3(CCCCC3)C2)c2cc(O)ccc2n1C. The first-order valence-electron chi connectivity index (χ1n) is 9.22. The van der Waals surface area contributed by atoms with Crippen molar-refractivity contribution in [2.75, 3.05) is 6.61 Å². The number of rotatable bonds is 2. The van der Waals surface area contributed by atoms with Crippen molar-refractivity contribution in [1.82, 2.24) is 9.88 Å². The van der Waals surface area contributed by atoms with Gasteiger partial charge in [0.25, 0.3) is 5.91 Å². The van der Waals surface area contributed by atoms with Gasteiger partial charge < -0.3 is 19.7 Å². The minimum Gasteiger partial charge on any atom is -0.508 e. The van der Waals surface area contributed by atoms with Crippen molar-refractivity contribution in [2.45, 2.75) is 57.1 Å². The van der Waals surface area contributed by atoms with Crippen LogP contribution in [0.2, 0.25) is 0 Å². The van der Waals surface area contributed by atoms with Gasteiger partial charge in [-0.1, -0.05) is 19.3 Å². The minimum absolute atomic E-state index is 0.0116. The molecule has 0 unspecified atom stereocenters. The molecule has 1 aromatic heterocycles. The summed E-state index contributed by atoms with van der Waals surface area (Å²) >= 11 is 0. The van der Waals surface area contributed by atoms with E-state index in [0.717, 1.165) is 35.9 Å².